The Labute approximate surface area is 167 Å². The van der Waals surface area contributed by atoms with Gasteiger partial charge in [-0.3, -0.25) is 4.79 Å². The topological polar surface area (TPSA) is 78.8 Å². The first-order chi connectivity index (χ1) is 13.6. The highest BCUT2D eigenvalue weighted by Gasteiger charge is 2.34. The van der Waals surface area contributed by atoms with Gasteiger partial charge in [-0.1, -0.05) is 25.7 Å². The van der Waals surface area contributed by atoms with Gasteiger partial charge in [-0.05, 0) is 74.6 Å². The van der Waals surface area contributed by atoms with E-state index in [1.807, 2.05) is 0 Å². The average molecular weight is 396 g/mol. The molecule has 0 aromatic heterocycles. The van der Waals surface area contributed by atoms with Crippen molar-refractivity contribution >= 4 is 5.97 Å². The van der Waals surface area contributed by atoms with Crippen molar-refractivity contribution in [3.8, 4) is 5.75 Å². The highest BCUT2D eigenvalue weighted by molar-refractivity contribution is 5.66. The van der Waals surface area contributed by atoms with Gasteiger partial charge in [-0.25, -0.2) is 9.87 Å². The van der Waals surface area contributed by atoms with E-state index in [9.17, 15) is 14.4 Å². The second-order valence-corrected chi connectivity index (χ2v) is 7.88. The fourth-order valence-corrected chi connectivity index (χ4v) is 4.35. The van der Waals surface area contributed by atoms with Crippen molar-refractivity contribution < 1.29 is 24.2 Å². The number of hydroxylamine groups is 1. The van der Waals surface area contributed by atoms with Crippen LogP contribution < -0.4 is 10.2 Å². The van der Waals surface area contributed by atoms with Crippen LogP contribution in [-0.2, 0) is 4.79 Å². The summed E-state index contributed by atoms with van der Waals surface area (Å²) in [6.07, 6.45) is 10.6. The summed E-state index contributed by atoms with van der Waals surface area (Å²) in [6, 6.07) is 6.26. The molecule has 5 nitrogen and oxygen atoms in total. The molecular formula is C22H34FNO4. The molecule has 0 aliphatic heterocycles. The van der Waals surface area contributed by atoms with Gasteiger partial charge in [0.2, 0.25) is 0 Å². The second-order valence-electron chi connectivity index (χ2n) is 7.88. The summed E-state index contributed by atoms with van der Waals surface area (Å²) in [5.41, 5.74) is 2.51. The molecular weight excluding hydrogens is 361 g/mol. The molecule has 2 rings (SSSR count). The summed E-state index contributed by atoms with van der Waals surface area (Å²) >= 11 is 0. The maximum Gasteiger partial charge on any atom is 0.303 e. The zero-order valence-corrected chi connectivity index (χ0v) is 16.6. The van der Waals surface area contributed by atoms with E-state index in [-0.39, 0.29) is 18.3 Å². The minimum absolute atomic E-state index is 0.176. The van der Waals surface area contributed by atoms with Crippen LogP contribution in [0.1, 0.15) is 70.6 Å². The molecule has 1 aromatic carbocycles. The third kappa shape index (κ3) is 8.15. The minimum atomic E-state index is -0.712. The van der Waals surface area contributed by atoms with Crippen LogP contribution in [0.15, 0.2) is 24.3 Å². The SMILES string of the molecule is O=C(O)CCCCCC[C@H]1CCC(NO)C1CCCCOc1ccc(F)cc1. The zero-order chi connectivity index (χ0) is 20.2. The molecule has 1 saturated carbocycles. The van der Waals surface area contributed by atoms with Gasteiger partial charge in [0.15, 0.2) is 0 Å². The molecule has 1 aliphatic carbocycles. The number of ether oxygens (including phenoxy) is 1. The van der Waals surface area contributed by atoms with E-state index in [4.69, 9.17) is 9.84 Å². The predicted molar refractivity (Wildman–Crippen MR) is 106 cm³/mol. The van der Waals surface area contributed by atoms with Crippen LogP contribution in [0.3, 0.4) is 0 Å². The lowest BCUT2D eigenvalue weighted by Crippen LogP contribution is -2.31. The molecule has 28 heavy (non-hydrogen) atoms. The normalized spacial score (nSPS) is 21.7. The van der Waals surface area contributed by atoms with E-state index >= 15 is 0 Å². The fourth-order valence-electron chi connectivity index (χ4n) is 4.35. The minimum Gasteiger partial charge on any atom is -0.494 e. The summed E-state index contributed by atoms with van der Waals surface area (Å²) in [4.78, 5) is 10.5. The smallest absolute Gasteiger partial charge is 0.303 e. The van der Waals surface area contributed by atoms with Crippen molar-refractivity contribution in [2.24, 2.45) is 11.8 Å². The van der Waals surface area contributed by atoms with Gasteiger partial charge in [0.25, 0.3) is 0 Å². The molecule has 158 valence electrons. The zero-order valence-electron chi connectivity index (χ0n) is 16.6. The van der Waals surface area contributed by atoms with Crippen molar-refractivity contribution in [1.82, 2.24) is 5.48 Å². The molecule has 6 heteroatoms. The van der Waals surface area contributed by atoms with E-state index in [0.717, 1.165) is 64.2 Å². The highest BCUT2D eigenvalue weighted by atomic mass is 19.1. The van der Waals surface area contributed by atoms with Crippen LogP contribution in [0.5, 0.6) is 5.75 Å². The second kappa shape index (κ2) is 12.7. The fraction of sp³-hybridized carbons (Fsp3) is 0.682. The molecule has 1 aromatic rings. The lowest BCUT2D eigenvalue weighted by Gasteiger charge is -2.24. The molecule has 1 fully saturated rings. The molecule has 2 unspecified atom stereocenters. The Morgan fingerprint density at radius 2 is 1.75 bits per heavy atom. The highest BCUT2D eigenvalue weighted by Crippen LogP contribution is 2.38. The monoisotopic (exact) mass is 395 g/mol. The Kier molecular flexibility index (Phi) is 10.3. The summed E-state index contributed by atoms with van der Waals surface area (Å²) < 4.78 is 18.5. The maximum atomic E-state index is 12.9. The first-order valence-electron chi connectivity index (χ1n) is 10.6. The van der Waals surface area contributed by atoms with Gasteiger partial charge in [0, 0.05) is 12.5 Å². The summed E-state index contributed by atoms with van der Waals surface area (Å²) in [7, 11) is 0. The van der Waals surface area contributed by atoms with E-state index in [1.54, 1.807) is 12.1 Å². The van der Waals surface area contributed by atoms with Crippen LogP contribution in [0.2, 0.25) is 0 Å². The first-order valence-corrected chi connectivity index (χ1v) is 10.6. The summed E-state index contributed by atoms with van der Waals surface area (Å²) in [6.45, 7) is 0.615. The van der Waals surface area contributed by atoms with Crippen LogP contribution in [0.4, 0.5) is 4.39 Å². The van der Waals surface area contributed by atoms with Gasteiger partial charge >= 0.3 is 5.97 Å². The van der Waals surface area contributed by atoms with Gasteiger partial charge in [0.1, 0.15) is 11.6 Å². The number of halogens is 1. The quantitative estimate of drug-likeness (QED) is 0.299. The Morgan fingerprint density at radius 3 is 2.46 bits per heavy atom. The molecule has 3 atom stereocenters. The predicted octanol–water partition coefficient (Wildman–Crippen LogP) is 5.17. The molecule has 0 radical (unpaired) electrons. The van der Waals surface area contributed by atoms with Crippen molar-refractivity contribution in [1.29, 1.82) is 0 Å². The lowest BCUT2D eigenvalue weighted by atomic mass is 9.85. The number of carbonyl (C=O) groups is 1. The number of nitrogens with one attached hydrogen (secondary N) is 1. The molecule has 0 bridgehead atoms. The number of unbranched alkanes of at least 4 members (excludes halogenated alkanes) is 4. The van der Waals surface area contributed by atoms with E-state index in [2.05, 4.69) is 5.48 Å². The summed E-state index contributed by atoms with van der Waals surface area (Å²) in [5, 5.41) is 18.1. The maximum absolute atomic E-state index is 12.9. The Hall–Kier alpha value is -1.66. The number of hydrogen-bond donors (Lipinski definition) is 3. The Morgan fingerprint density at radius 1 is 1.04 bits per heavy atom. The third-order valence-corrected chi connectivity index (χ3v) is 5.87. The number of carboxylic acid groups (broad SMARTS) is 1. The van der Waals surface area contributed by atoms with Crippen molar-refractivity contribution in [3.63, 3.8) is 0 Å². The summed E-state index contributed by atoms with van der Waals surface area (Å²) in [5.74, 6) is 0.829. The number of rotatable bonds is 14. The third-order valence-electron chi connectivity index (χ3n) is 5.87. The molecule has 3 N–H and O–H groups in total. The molecule has 0 amide bonds. The van der Waals surface area contributed by atoms with Crippen LogP contribution >= 0.6 is 0 Å². The Bertz CT molecular complexity index is 566. The number of benzene rings is 1. The molecule has 1 aliphatic rings. The number of aliphatic carboxylic acids is 1. The van der Waals surface area contributed by atoms with Crippen LogP contribution in [-0.4, -0.2) is 28.9 Å². The molecule has 0 saturated heterocycles. The number of carboxylic acids is 1. The van der Waals surface area contributed by atoms with Crippen molar-refractivity contribution in [2.75, 3.05) is 6.61 Å². The largest absolute Gasteiger partial charge is 0.494 e. The van der Waals surface area contributed by atoms with E-state index in [0.29, 0.717) is 24.2 Å². The molecule has 0 heterocycles. The molecule has 0 spiro atoms. The van der Waals surface area contributed by atoms with Gasteiger partial charge in [0.05, 0.1) is 6.61 Å². The van der Waals surface area contributed by atoms with Gasteiger partial charge in [-0.15, -0.1) is 0 Å². The van der Waals surface area contributed by atoms with Crippen molar-refractivity contribution in [3.05, 3.63) is 30.1 Å². The Balaban J connectivity index is 1.62. The van der Waals surface area contributed by atoms with E-state index in [1.165, 1.54) is 12.1 Å². The van der Waals surface area contributed by atoms with Gasteiger partial charge in [-0.2, -0.15) is 0 Å². The average Bonchev–Trinajstić information content (AvgIpc) is 3.07. The van der Waals surface area contributed by atoms with Gasteiger partial charge < -0.3 is 15.1 Å². The van der Waals surface area contributed by atoms with Crippen molar-refractivity contribution in [2.45, 2.75) is 76.7 Å². The first kappa shape index (κ1) is 22.6. The number of hydrogen-bond acceptors (Lipinski definition) is 4. The lowest BCUT2D eigenvalue weighted by molar-refractivity contribution is -0.137. The van der Waals surface area contributed by atoms with Crippen LogP contribution in [0, 0.1) is 17.7 Å². The van der Waals surface area contributed by atoms with Crippen LogP contribution in [0.25, 0.3) is 0 Å². The van der Waals surface area contributed by atoms with E-state index < -0.39 is 5.97 Å². The standard InChI is InChI=1S/C22H34FNO4/c23-18-11-13-19(14-12-18)28-16-6-5-8-20-17(10-15-21(20)24-27)7-3-1-2-4-9-22(25)26/h11-14,17,20-21,24,27H,1-10,15-16H2,(H,25,26)/t17-,20?,21?/m0/s1.